The van der Waals surface area contributed by atoms with Crippen LogP contribution in [0.1, 0.15) is 12.8 Å². The molecule has 1 aliphatic rings. The Morgan fingerprint density at radius 1 is 1.21 bits per heavy atom. The number of hydrogen-bond acceptors (Lipinski definition) is 7. The minimum Gasteiger partial charge on any atom is -0.353 e. The SMILES string of the molecule is CN1CCC[C@H]1C(=O)NCCn1cnc2cnc(Nc3ncc(-c4ccc(F)cc4)s3)cc21. The van der Waals surface area contributed by atoms with Gasteiger partial charge in [-0.1, -0.05) is 23.5 Å². The van der Waals surface area contributed by atoms with Crippen molar-refractivity contribution in [1.82, 2.24) is 29.7 Å². The second-order valence-electron chi connectivity index (χ2n) is 8.09. The summed E-state index contributed by atoms with van der Waals surface area (Å²) >= 11 is 1.47. The lowest BCUT2D eigenvalue weighted by molar-refractivity contribution is -0.125. The van der Waals surface area contributed by atoms with Gasteiger partial charge < -0.3 is 15.2 Å². The van der Waals surface area contributed by atoms with Crippen LogP contribution in [0.5, 0.6) is 0 Å². The van der Waals surface area contributed by atoms with Gasteiger partial charge in [0.1, 0.15) is 17.2 Å². The fourth-order valence-electron chi connectivity index (χ4n) is 4.06. The number of carbonyl (C=O) groups is 1. The number of anilines is 2. The number of nitrogens with zero attached hydrogens (tertiary/aromatic N) is 5. The van der Waals surface area contributed by atoms with E-state index >= 15 is 0 Å². The summed E-state index contributed by atoms with van der Waals surface area (Å²) in [5.74, 6) is 0.478. The van der Waals surface area contributed by atoms with Gasteiger partial charge >= 0.3 is 0 Å². The number of rotatable bonds is 7. The molecule has 0 unspecified atom stereocenters. The third kappa shape index (κ3) is 4.71. The minimum atomic E-state index is -0.263. The lowest BCUT2D eigenvalue weighted by Gasteiger charge is -2.18. The van der Waals surface area contributed by atoms with Crippen molar-refractivity contribution in [3.63, 3.8) is 0 Å². The van der Waals surface area contributed by atoms with E-state index in [0.717, 1.165) is 40.9 Å². The summed E-state index contributed by atoms with van der Waals surface area (Å²) < 4.78 is 15.2. The van der Waals surface area contributed by atoms with E-state index in [2.05, 4.69) is 30.5 Å². The highest BCUT2D eigenvalue weighted by Gasteiger charge is 2.27. The van der Waals surface area contributed by atoms with Crippen LogP contribution in [0.2, 0.25) is 0 Å². The average Bonchev–Trinajstić information content (AvgIpc) is 3.55. The fourth-order valence-corrected chi connectivity index (χ4v) is 4.88. The van der Waals surface area contributed by atoms with Gasteiger partial charge in [-0.05, 0) is 44.1 Å². The highest BCUT2D eigenvalue weighted by Crippen LogP contribution is 2.30. The second-order valence-corrected chi connectivity index (χ2v) is 9.12. The first-order valence-corrected chi connectivity index (χ1v) is 11.7. The summed E-state index contributed by atoms with van der Waals surface area (Å²) in [7, 11) is 1.99. The fraction of sp³-hybridized carbons (Fsp3) is 0.304. The third-order valence-electron chi connectivity index (χ3n) is 5.85. The number of nitrogens with one attached hydrogen (secondary N) is 2. The highest BCUT2D eigenvalue weighted by molar-refractivity contribution is 7.18. The Balaban J connectivity index is 1.25. The van der Waals surface area contributed by atoms with E-state index in [1.165, 1.54) is 23.5 Å². The number of aromatic nitrogens is 4. The molecule has 1 atom stereocenters. The van der Waals surface area contributed by atoms with E-state index in [1.807, 2.05) is 17.7 Å². The highest BCUT2D eigenvalue weighted by atomic mass is 32.1. The maximum absolute atomic E-state index is 13.2. The molecule has 2 N–H and O–H groups in total. The minimum absolute atomic E-state index is 0.0253. The van der Waals surface area contributed by atoms with Gasteiger partial charge in [-0.25, -0.2) is 19.3 Å². The number of likely N-dealkylation sites (N-methyl/N-ethyl adjacent to an activating group) is 1. The van der Waals surface area contributed by atoms with Crippen LogP contribution in [-0.4, -0.2) is 56.5 Å². The molecule has 5 rings (SSSR count). The van der Waals surface area contributed by atoms with Crippen molar-refractivity contribution in [3.05, 3.63) is 54.9 Å². The number of thiazole rings is 1. The summed E-state index contributed by atoms with van der Waals surface area (Å²) in [5, 5.41) is 6.97. The Morgan fingerprint density at radius 2 is 2.06 bits per heavy atom. The summed E-state index contributed by atoms with van der Waals surface area (Å²) in [5.41, 5.74) is 2.62. The maximum Gasteiger partial charge on any atom is 0.237 e. The van der Waals surface area contributed by atoms with E-state index in [9.17, 15) is 9.18 Å². The van der Waals surface area contributed by atoms with Crippen LogP contribution in [-0.2, 0) is 11.3 Å². The number of carbonyl (C=O) groups excluding carboxylic acids is 1. The summed E-state index contributed by atoms with van der Waals surface area (Å²) in [6.07, 6.45) is 7.22. The Morgan fingerprint density at radius 3 is 2.85 bits per heavy atom. The Kier molecular flexibility index (Phi) is 6.01. The van der Waals surface area contributed by atoms with Gasteiger partial charge in [-0.3, -0.25) is 9.69 Å². The molecule has 8 nitrogen and oxygen atoms in total. The van der Waals surface area contributed by atoms with Crippen LogP contribution < -0.4 is 10.6 Å². The van der Waals surface area contributed by atoms with Crippen LogP contribution in [0.4, 0.5) is 15.3 Å². The molecule has 4 aromatic rings. The molecule has 0 spiro atoms. The number of hydrogen-bond donors (Lipinski definition) is 2. The Hall–Kier alpha value is -3.37. The first-order valence-electron chi connectivity index (χ1n) is 10.8. The molecule has 0 aliphatic carbocycles. The van der Waals surface area contributed by atoms with Crippen LogP contribution in [0.15, 0.2) is 49.1 Å². The molecule has 1 aromatic carbocycles. The third-order valence-corrected chi connectivity index (χ3v) is 6.81. The molecule has 0 bridgehead atoms. The van der Waals surface area contributed by atoms with Gasteiger partial charge in [0, 0.05) is 25.4 Å². The number of imidazole rings is 1. The van der Waals surface area contributed by atoms with Crippen molar-refractivity contribution in [3.8, 4) is 10.4 Å². The number of benzene rings is 1. The maximum atomic E-state index is 13.2. The number of pyridine rings is 1. The molecule has 3 aromatic heterocycles. The molecule has 170 valence electrons. The summed E-state index contributed by atoms with van der Waals surface area (Å²) in [4.78, 5) is 28.7. The van der Waals surface area contributed by atoms with Gasteiger partial charge in [0.05, 0.1) is 29.0 Å². The topological polar surface area (TPSA) is 88.0 Å². The van der Waals surface area contributed by atoms with Crippen molar-refractivity contribution in [2.45, 2.75) is 25.4 Å². The standard InChI is InChI=1S/C23H24FN7OS/c1-30-9-2-3-18(30)22(32)25-8-10-31-14-28-17-12-26-21(11-19(17)31)29-23-27-13-20(33-23)15-4-6-16(24)7-5-15/h4-7,11-14,18H,2-3,8-10H2,1H3,(H,25,32)(H,26,27,29)/t18-/m0/s1. The van der Waals surface area contributed by atoms with Crippen molar-refractivity contribution in [1.29, 1.82) is 0 Å². The molecule has 10 heteroatoms. The van der Waals surface area contributed by atoms with Crippen LogP contribution in [0.25, 0.3) is 21.5 Å². The molecule has 0 radical (unpaired) electrons. The van der Waals surface area contributed by atoms with E-state index in [-0.39, 0.29) is 17.8 Å². The normalized spacial score (nSPS) is 16.4. The molecule has 1 saturated heterocycles. The molecule has 33 heavy (non-hydrogen) atoms. The molecule has 0 saturated carbocycles. The lowest BCUT2D eigenvalue weighted by Crippen LogP contribution is -2.42. The largest absolute Gasteiger partial charge is 0.353 e. The van der Waals surface area contributed by atoms with Crippen molar-refractivity contribution >= 4 is 39.2 Å². The van der Waals surface area contributed by atoms with E-state index < -0.39 is 0 Å². The molecular formula is C23H24FN7OS. The average molecular weight is 466 g/mol. The van der Waals surface area contributed by atoms with Crippen molar-refractivity contribution < 1.29 is 9.18 Å². The zero-order valence-corrected chi connectivity index (χ0v) is 19.0. The van der Waals surface area contributed by atoms with Gasteiger partial charge in [0.25, 0.3) is 0 Å². The Labute approximate surface area is 194 Å². The summed E-state index contributed by atoms with van der Waals surface area (Å²) in [6, 6.07) is 8.24. The predicted octanol–water partition coefficient (Wildman–Crippen LogP) is 3.65. The van der Waals surface area contributed by atoms with Gasteiger partial charge in [-0.2, -0.15) is 0 Å². The monoisotopic (exact) mass is 465 g/mol. The predicted molar refractivity (Wildman–Crippen MR) is 127 cm³/mol. The first kappa shape index (κ1) is 21.5. The summed E-state index contributed by atoms with van der Waals surface area (Å²) in [6.45, 7) is 2.12. The van der Waals surface area contributed by atoms with Gasteiger partial charge in [0.2, 0.25) is 5.91 Å². The van der Waals surface area contributed by atoms with Gasteiger partial charge in [0.15, 0.2) is 5.13 Å². The zero-order valence-electron chi connectivity index (χ0n) is 18.2. The lowest BCUT2D eigenvalue weighted by atomic mass is 10.2. The molecule has 1 amide bonds. The van der Waals surface area contributed by atoms with E-state index in [1.54, 1.807) is 30.9 Å². The number of likely N-dealkylation sites (tertiary alicyclic amines) is 1. The van der Waals surface area contributed by atoms with Crippen molar-refractivity contribution in [2.24, 2.45) is 0 Å². The molecule has 1 aliphatic heterocycles. The zero-order chi connectivity index (χ0) is 22.8. The van der Waals surface area contributed by atoms with Crippen LogP contribution >= 0.6 is 11.3 Å². The Bertz CT molecular complexity index is 1270. The van der Waals surface area contributed by atoms with E-state index in [0.29, 0.717) is 24.0 Å². The number of halogens is 1. The quantitative estimate of drug-likeness (QED) is 0.433. The van der Waals surface area contributed by atoms with Gasteiger partial charge in [-0.15, -0.1) is 0 Å². The molecule has 1 fully saturated rings. The van der Waals surface area contributed by atoms with Crippen molar-refractivity contribution in [2.75, 3.05) is 25.5 Å². The molecular weight excluding hydrogens is 441 g/mol. The van der Waals surface area contributed by atoms with Crippen LogP contribution in [0.3, 0.4) is 0 Å². The molecule has 4 heterocycles. The first-order chi connectivity index (χ1) is 16.1. The number of fused-ring (bicyclic) bond motifs is 1. The number of amides is 1. The van der Waals surface area contributed by atoms with E-state index in [4.69, 9.17) is 0 Å². The second kappa shape index (κ2) is 9.24. The smallest absolute Gasteiger partial charge is 0.237 e. The van der Waals surface area contributed by atoms with Crippen LogP contribution in [0, 0.1) is 5.82 Å².